The van der Waals surface area contributed by atoms with Gasteiger partial charge in [-0.15, -0.1) is 0 Å². The van der Waals surface area contributed by atoms with Crippen molar-refractivity contribution >= 4 is 5.91 Å². The quantitative estimate of drug-likeness (QED) is 0.930. The van der Waals surface area contributed by atoms with Crippen molar-refractivity contribution in [1.82, 2.24) is 10.2 Å². The van der Waals surface area contributed by atoms with Gasteiger partial charge in [0, 0.05) is 12.6 Å². The Morgan fingerprint density at radius 1 is 1.27 bits per heavy atom. The van der Waals surface area contributed by atoms with Crippen LogP contribution < -0.4 is 10.1 Å². The van der Waals surface area contributed by atoms with E-state index in [1.165, 1.54) is 19.3 Å². The molecule has 4 aliphatic rings. The summed E-state index contributed by atoms with van der Waals surface area (Å²) in [4.78, 5) is 14.9. The van der Waals surface area contributed by atoms with Gasteiger partial charge in [-0.25, -0.2) is 0 Å². The van der Waals surface area contributed by atoms with Crippen LogP contribution in [0, 0.1) is 11.8 Å². The van der Waals surface area contributed by atoms with E-state index in [1.54, 1.807) is 7.11 Å². The first-order chi connectivity index (χ1) is 10.7. The number of benzene rings is 1. The van der Waals surface area contributed by atoms with Crippen molar-refractivity contribution < 1.29 is 9.53 Å². The van der Waals surface area contributed by atoms with Crippen molar-refractivity contribution in [2.45, 2.75) is 44.3 Å². The molecule has 4 bridgehead atoms. The highest BCUT2D eigenvalue weighted by molar-refractivity contribution is 5.79. The van der Waals surface area contributed by atoms with Crippen LogP contribution >= 0.6 is 0 Å². The van der Waals surface area contributed by atoms with Crippen LogP contribution in [-0.4, -0.2) is 36.7 Å². The number of nitrogens with one attached hydrogen (secondary N) is 1. The van der Waals surface area contributed by atoms with Crippen molar-refractivity contribution in [1.29, 1.82) is 0 Å². The second-order valence-electron chi connectivity index (χ2n) is 7.13. The Labute approximate surface area is 131 Å². The van der Waals surface area contributed by atoms with Gasteiger partial charge in [0.2, 0.25) is 5.91 Å². The lowest BCUT2D eigenvalue weighted by Gasteiger charge is -2.40. The Kier molecular flexibility index (Phi) is 3.57. The molecule has 4 atom stereocenters. The number of methoxy groups -OCH3 is 1. The molecule has 0 radical (unpaired) electrons. The monoisotopic (exact) mass is 300 g/mol. The average Bonchev–Trinajstić information content (AvgIpc) is 2.71. The van der Waals surface area contributed by atoms with Gasteiger partial charge in [-0.3, -0.25) is 10.1 Å². The standard InChI is InChI=1S/C18H24N2O2/c1-22-16-4-2-3-12(8-16)10-18(21)20-11-14-5-13-6-15(7-14)19-17(20)9-13/h2-4,8,13-15,17,19H,5-7,9-11H2,1H3. The van der Waals surface area contributed by atoms with E-state index < -0.39 is 0 Å². The van der Waals surface area contributed by atoms with Crippen LogP contribution in [0.2, 0.25) is 0 Å². The Balaban J connectivity index is 1.50. The molecule has 1 saturated carbocycles. The average molecular weight is 300 g/mol. The van der Waals surface area contributed by atoms with E-state index >= 15 is 0 Å². The highest BCUT2D eigenvalue weighted by Crippen LogP contribution is 2.40. The minimum Gasteiger partial charge on any atom is -0.497 e. The van der Waals surface area contributed by atoms with Crippen molar-refractivity contribution in [3.05, 3.63) is 29.8 Å². The molecule has 1 N–H and O–H groups in total. The van der Waals surface area contributed by atoms with Gasteiger partial charge >= 0.3 is 0 Å². The molecular weight excluding hydrogens is 276 g/mol. The zero-order valence-electron chi connectivity index (χ0n) is 13.1. The number of nitrogens with zero attached hydrogens (tertiary/aromatic N) is 1. The maximum Gasteiger partial charge on any atom is 0.228 e. The van der Waals surface area contributed by atoms with Crippen molar-refractivity contribution in [3.63, 3.8) is 0 Å². The van der Waals surface area contributed by atoms with Crippen LogP contribution in [0.5, 0.6) is 5.75 Å². The maximum absolute atomic E-state index is 12.8. The molecular formula is C18H24N2O2. The minimum atomic E-state index is 0.249. The summed E-state index contributed by atoms with van der Waals surface area (Å²) >= 11 is 0. The number of rotatable bonds is 3. The summed E-state index contributed by atoms with van der Waals surface area (Å²) in [6.07, 6.45) is 5.74. The molecule has 0 spiro atoms. The summed E-state index contributed by atoms with van der Waals surface area (Å²) in [5.74, 6) is 2.58. The lowest BCUT2D eigenvalue weighted by molar-refractivity contribution is -0.133. The van der Waals surface area contributed by atoms with E-state index in [4.69, 9.17) is 4.74 Å². The topological polar surface area (TPSA) is 41.6 Å². The SMILES string of the molecule is COc1cccc(CC(=O)N2CC3CC4CC(C3)NC2C4)c1. The molecule has 3 saturated heterocycles. The number of hydrogen-bond acceptors (Lipinski definition) is 3. The second kappa shape index (κ2) is 5.58. The molecule has 22 heavy (non-hydrogen) atoms. The van der Waals surface area contributed by atoms with Gasteiger partial charge < -0.3 is 9.64 Å². The van der Waals surface area contributed by atoms with Crippen molar-refractivity contribution in [2.24, 2.45) is 11.8 Å². The summed E-state index contributed by atoms with van der Waals surface area (Å²) in [6.45, 7) is 0.938. The van der Waals surface area contributed by atoms with E-state index in [-0.39, 0.29) is 12.1 Å². The van der Waals surface area contributed by atoms with E-state index in [0.29, 0.717) is 18.4 Å². The third-order valence-electron chi connectivity index (χ3n) is 5.53. The fraction of sp³-hybridized carbons (Fsp3) is 0.611. The van der Waals surface area contributed by atoms with Gasteiger partial charge in [-0.1, -0.05) is 12.1 Å². The molecule has 1 aromatic rings. The Morgan fingerprint density at radius 3 is 2.95 bits per heavy atom. The number of amides is 1. The summed E-state index contributed by atoms with van der Waals surface area (Å²) in [6, 6.07) is 8.48. The first kappa shape index (κ1) is 14.1. The van der Waals surface area contributed by atoms with Crippen LogP contribution in [0.3, 0.4) is 0 Å². The zero-order valence-corrected chi connectivity index (χ0v) is 13.1. The van der Waals surface area contributed by atoms with Gasteiger partial charge in [0.25, 0.3) is 0 Å². The summed E-state index contributed by atoms with van der Waals surface area (Å²) in [5.41, 5.74) is 1.04. The smallest absolute Gasteiger partial charge is 0.228 e. The van der Waals surface area contributed by atoms with Gasteiger partial charge in [-0.05, 0) is 55.2 Å². The number of ether oxygens (including phenoxy) is 1. The van der Waals surface area contributed by atoms with Crippen LogP contribution in [0.1, 0.15) is 31.2 Å². The largest absolute Gasteiger partial charge is 0.497 e. The summed E-state index contributed by atoms with van der Waals surface area (Å²) < 4.78 is 5.25. The normalized spacial score (nSPS) is 32.9. The van der Waals surface area contributed by atoms with E-state index in [1.807, 2.05) is 24.3 Å². The first-order valence-electron chi connectivity index (χ1n) is 8.39. The highest BCUT2D eigenvalue weighted by Gasteiger charge is 2.43. The number of fused-ring (bicyclic) bond motifs is 1. The number of carbonyl (C=O) groups is 1. The molecule has 4 unspecified atom stereocenters. The summed E-state index contributed by atoms with van der Waals surface area (Å²) in [5, 5.41) is 3.70. The Morgan fingerprint density at radius 2 is 2.14 bits per heavy atom. The number of carbonyl (C=O) groups excluding carboxylic acids is 1. The molecule has 5 rings (SSSR count). The molecule has 4 nitrogen and oxygen atoms in total. The third-order valence-corrected chi connectivity index (χ3v) is 5.53. The maximum atomic E-state index is 12.8. The Bertz CT molecular complexity index is 560. The first-order valence-corrected chi connectivity index (χ1v) is 8.39. The molecule has 118 valence electrons. The lowest BCUT2D eigenvalue weighted by atomic mass is 9.76. The molecule has 1 amide bonds. The van der Waals surface area contributed by atoms with Gasteiger partial charge in [0.1, 0.15) is 5.75 Å². The fourth-order valence-electron chi connectivity index (χ4n) is 4.66. The molecule has 4 heteroatoms. The van der Waals surface area contributed by atoms with Gasteiger partial charge in [-0.2, -0.15) is 0 Å². The van der Waals surface area contributed by atoms with Crippen molar-refractivity contribution in [3.8, 4) is 5.75 Å². The van der Waals surface area contributed by atoms with Crippen LogP contribution in [0.15, 0.2) is 24.3 Å². The number of piperidine rings is 1. The van der Waals surface area contributed by atoms with Crippen LogP contribution in [0.25, 0.3) is 0 Å². The van der Waals surface area contributed by atoms with E-state index in [2.05, 4.69) is 10.2 Å². The molecule has 1 aliphatic carbocycles. The highest BCUT2D eigenvalue weighted by atomic mass is 16.5. The molecule has 3 aliphatic heterocycles. The van der Waals surface area contributed by atoms with Crippen LogP contribution in [-0.2, 0) is 11.2 Å². The lowest BCUT2D eigenvalue weighted by Crippen LogP contribution is -2.54. The fourth-order valence-corrected chi connectivity index (χ4v) is 4.66. The Hall–Kier alpha value is -1.55. The number of hydrogen-bond donors (Lipinski definition) is 1. The van der Waals surface area contributed by atoms with Crippen molar-refractivity contribution in [2.75, 3.05) is 13.7 Å². The van der Waals surface area contributed by atoms with E-state index in [0.717, 1.165) is 30.2 Å². The molecule has 0 aromatic heterocycles. The van der Waals surface area contributed by atoms with Crippen LogP contribution in [0.4, 0.5) is 0 Å². The molecule has 4 fully saturated rings. The summed E-state index contributed by atoms with van der Waals surface area (Å²) in [7, 11) is 1.66. The van der Waals surface area contributed by atoms with Gasteiger partial charge in [0.15, 0.2) is 0 Å². The van der Waals surface area contributed by atoms with E-state index in [9.17, 15) is 4.79 Å². The van der Waals surface area contributed by atoms with Gasteiger partial charge in [0.05, 0.1) is 19.7 Å². The molecule has 1 aromatic carbocycles. The predicted octanol–water partition coefficient (Wildman–Crippen LogP) is 2.18. The second-order valence-corrected chi connectivity index (χ2v) is 7.13. The zero-order chi connectivity index (χ0) is 15.1. The third kappa shape index (κ3) is 2.60. The minimum absolute atomic E-state index is 0.249. The molecule has 3 heterocycles. The predicted molar refractivity (Wildman–Crippen MR) is 84.6 cm³/mol.